The van der Waals surface area contributed by atoms with Crippen molar-refractivity contribution in [3.63, 3.8) is 0 Å². The number of halogens is 1. The monoisotopic (exact) mass is 243 g/mol. The summed E-state index contributed by atoms with van der Waals surface area (Å²) in [7, 11) is -1.87. The molecule has 16 heavy (non-hydrogen) atoms. The van der Waals surface area contributed by atoms with E-state index in [2.05, 4.69) is 0 Å². The minimum absolute atomic E-state index is 0.121. The number of nitrogens with zero attached hydrogens (tertiary/aromatic N) is 1. The van der Waals surface area contributed by atoms with E-state index in [-0.39, 0.29) is 16.8 Å². The van der Waals surface area contributed by atoms with Crippen LogP contribution in [-0.4, -0.2) is 25.8 Å². The smallest absolute Gasteiger partial charge is 0.207 e. The van der Waals surface area contributed by atoms with Crippen molar-refractivity contribution in [3.8, 4) is 0 Å². The second kappa shape index (κ2) is 3.82. The van der Waals surface area contributed by atoms with Crippen LogP contribution in [0.15, 0.2) is 23.1 Å². The molecule has 3 nitrogen and oxygen atoms in total. The fraction of sp³-hybridized carbons (Fsp3) is 0.455. The third-order valence-electron chi connectivity index (χ3n) is 2.87. The molecule has 0 aromatic heterocycles. The summed E-state index contributed by atoms with van der Waals surface area (Å²) < 4.78 is 38.6. The van der Waals surface area contributed by atoms with Gasteiger partial charge in [0.05, 0.1) is 4.90 Å². The van der Waals surface area contributed by atoms with Crippen LogP contribution in [0.4, 0.5) is 4.39 Å². The molecule has 1 aliphatic carbocycles. The zero-order valence-corrected chi connectivity index (χ0v) is 10.1. The van der Waals surface area contributed by atoms with Crippen LogP contribution in [0.2, 0.25) is 0 Å². The maximum atomic E-state index is 13.1. The van der Waals surface area contributed by atoms with Crippen molar-refractivity contribution in [1.29, 1.82) is 0 Å². The van der Waals surface area contributed by atoms with Crippen molar-refractivity contribution in [2.45, 2.75) is 30.7 Å². The van der Waals surface area contributed by atoms with E-state index in [1.807, 2.05) is 0 Å². The Balaban J connectivity index is 2.38. The lowest BCUT2D eigenvalue weighted by Gasteiger charge is -2.16. The number of aryl methyl sites for hydroxylation is 1. The number of sulfonamides is 1. The van der Waals surface area contributed by atoms with E-state index in [1.165, 1.54) is 22.5 Å². The zero-order valence-electron chi connectivity index (χ0n) is 9.27. The highest BCUT2D eigenvalue weighted by molar-refractivity contribution is 7.89. The van der Waals surface area contributed by atoms with Crippen LogP contribution in [-0.2, 0) is 10.0 Å². The van der Waals surface area contributed by atoms with E-state index in [0.717, 1.165) is 12.8 Å². The lowest BCUT2D eigenvalue weighted by atomic mass is 10.2. The van der Waals surface area contributed by atoms with Gasteiger partial charge in [-0.25, -0.2) is 12.8 Å². The van der Waals surface area contributed by atoms with Crippen LogP contribution < -0.4 is 0 Å². The van der Waals surface area contributed by atoms with Gasteiger partial charge in [-0.1, -0.05) is 0 Å². The highest BCUT2D eigenvalue weighted by Crippen LogP contribution is 2.30. The van der Waals surface area contributed by atoms with E-state index in [0.29, 0.717) is 5.56 Å². The first kappa shape index (κ1) is 11.5. The first-order chi connectivity index (χ1) is 7.43. The molecule has 0 bridgehead atoms. The quantitative estimate of drug-likeness (QED) is 0.813. The van der Waals surface area contributed by atoms with Gasteiger partial charge in [0.25, 0.3) is 0 Å². The Labute approximate surface area is 94.9 Å². The Morgan fingerprint density at radius 3 is 2.50 bits per heavy atom. The van der Waals surface area contributed by atoms with Gasteiger partial charge in [0.15, 0.2) is 0 Å². The van der Waals surface area contributed by atoms with E-state index < -0.39 is 10.0 Å². The topological polar surface area (TPSA) is 37.4 Å². The van der Waals surface area contributed by atoms with Gasteiger partial charge in [0.1, 0.15) is 5.82 Å². The van der Waals surface area contributed by atoms with Crippen molar-refractivity contribution in [2.24, 2.45) is 0 Å². The van der Waals surface area contributed by atoms with Gasteiger partial charge in [0, 0.05) is 13.1 Å². The second-order valence-electron chi connectivity index (χ2n) is 4.16. The van der Waals surface area contributed by atoms with Gasteiger partial charge in [-0.3, -0.25) is 0 Å². The van der Waals surface area contributed by atoms with E-state index >= 15 is 0 Å². The van der Waals surface area contributed by atoms with Crippen molar-refractivity contribution in [1.82, 2.24) is 4.31 Å². The Morgan fingerprint density at radius 1 is 1.38 bits per heavy atom. The molecule has 0 N–H and O–H groups in total. The first-order valence-corrected chi connectivity index (χ1v) is 6.61. The predicted octanol–water partition coefficient (Wildman–Crippen LogP) is 1.92. The normalized spacial score (nSPS) is 16.8. The summed E-state index contributed by atoms with van der Waals surface area (Å²) in [5.41, 5.74) is 0.352. The minimum Gasteiger partial charge on any atom is -0.207 e. The van der Waals surface area contributed by atoms with Crippen LogP contribution in [0.5, 0.6) is 0 Å². The van der Waals surface area contributed by atoms with Crippen molar-refractivity contribution >= 4 is 10.0 Å². The first-order valence-electron chi connectivity index (χ1n) is 5.17. The molecule has 0 saturated heterocycles. The Kier molecular flexibility index (Phi) is 2.75. The fourth-order valence-corrected chi connectivity index (χ4v) is 3.08. The molecule has 1 saturated carbocycles. The molecule has 5 heteroatoms. The summed E-state index contributed by atoms with van der Waals surface area (Å²) in [4.78, 5) is 0.167. The maximum absolute atomic E-state index is 13.1. The SMILES string of the molecule is Cc1cc(S(=O)(=O)N(C)C2CC2)ccc1F. The largest absolute Gasteiger partial charge is 0.243 e. The van der Waals surface area contributed by atoms with E-state index in [1.54, 1.807) is 14.0 Å². The van der Waals surface area contributed by atoms with Crippen LogP contribution >= 0.6 is 0 Å². The van der Waals surface area contributed by atoms with Crippen molar-refractivity contribution in [2.75, 3.05) is 7.05 Å². The van der Waals surface area contributed by atoms with Crippen LogP contribution in [0.1, 0.15) is 18.4 Å². The Bertz CT molecular complexity index is 509. The summed E-state index contributed by atoms with van der Waals surface area (Å²) in [5, 5.41) is 0. The minimum atomic E-state index is -3.45. The number of benzene rings is 1. The molecule has 0 radical (unpaired) electrons. The van der Waals surface area contributed by atoms with Gasteiger partial charge < -0.3 is 0 Å². The summed E-state index contributed by atoms with van der Waals surface area (Å²) >= 11 is 0. The third kappa shape index (κ3) is 1.97. The molecule has 0 spiro atoms. The van der Waals surface area contributed by atoms with E-state index in [4.69, 9.17) is 0 Å². The number of hydrogen-bond donors (Lipinski definition) is 0. The Morgan fingerprint density at radius 2 is 2.00 bits per heavy atom. The van der Waals surface area contributed by atoms with Gasteiger partial charge in [-0.05, 0) is 43.5 Å². The molecular formula is C11H14FNO2S. The molecule has 2 rings (SSSR count). The van der Waals surface area contributed by atoms with Gasteiger partial charge in [-0.2, -0.15) is 4.31 Å². The van der Waals surface area contributed by atoms with Gasteiger partial charge in [0.2, 0.25) is 10.0 Å². The van der Waals surface area contributed by atoms with Gasteiger partial charge >= 0.3 is 0 Å². The zero-order chi connectivity index (χ0) is 11.9. The van der Waals surface area contributed by atoms with Crippen LogP contribution in [0.25, 0.3) is 0 Å². The molecule has 0 heterocycles. The lowest BCUT2D eigenvalue weighted by Crippen LogP contribution is -2.29. The summed E-state index contributed by atoms with van der Waals surface area (Å²) in [6, 6.07) is 4.01. The van der Waals surface area contributed by atoms with Crippen molar-refractivity contribution in [3.05, 3.63) is 29.6 Å². The highest BCUT2D eigenvalue weighted by Gasteiger charge is 2.35. The third-order valence-corrected chi connectivity index (χ3v) is 4.77. The van der Waals surface area contributed by atoms with Crippen LogP contribution in [0.3, 0.4) is 0 Å². The molecule has 1 aromatic carbocycles. The molecule has 0 atom stereocenters. The molecule has 1 fully saturated rings. The molecule has 0 aliphatic heterocycles. The number of hydrogen-bond acceptors (Lipinski definition) is 2. The molecule has 1 aliphatic rings. The summed E-state index contributed by atoms with van der Waals surface area (Å²) in [6.07, 6.45) is 1.83. The average Bonchev–Trinajstić information content (AvgIpc) is 3.04. The fourth-order valence-electron chi connectivity index (χ4n) is 1.58. The van der Waals surface area contributed by atoms with Crippen molar-refractivity contribution < 1.29 is 12.8 Å². The average molecular weight is 243 g/mol. The van der Waals surface area contributed by atoms with Gasteiger partial charge in [-0.15, -0.1) is 0 Å². The molecule has 0 unspecified atom stereocenters. The second-order valence-corrected chi connectivity index (χ2v) is 6.16. The highest BCUT2D eigenvalue weighted by atomic mass is 32.2. The Hall–Kier alpha value is -0.940. The van der Waals surface area contributed by atoms with Crippen LogP contribution in [0, 0.1) is 12.7 Å². The predicted molar refractivity (Wildman–Crippen MR) is 59.1 cm³/mol. The lowest BCUT2D eigenvalue weighted by molar-refractivity contribution is 0.464. The molecule has 88 valence electrons. The summed E-state index contributed by atoms with van der Waals surface area (Å²) in [5.74, 6) is -0.381. The molecule has 0 amide bonds. The standard InChI is InChI=1S/C11H14FNO2S/c1-8-7-10(5-6-11(8)12)16(14,15)13(2)9-3-4-9/h5-7,9H,3-4H2,1-2H3. The van der Waals surface area contributed by atoms with E-state index in [9.17, 15) is 12.8 Å². The maximum Gasteiger partial charge on any atom is 0.243 e. The number of rotatable bonds is 3. The molecule has 1 aromatic rings. The molecular weight excluding hydrogens is 229 g/mol. The summed E-state index contributed by atoms with van der Waals surface area (Å²) in [6.45, 7) is 1.56.